The number of nitrogens with one attached hydrogen (secondary N) is 1. The third kappa shape index (κ3) is 3.49. The third-order valence-electron chi connectivity index (χ3n) is 3.77. The zero-order valence-electron chi connectivity index (χ0n) is 11.9. The van der Waals surface area contributed by atoms with Gasteiger partial charge in [-0.05, 0) is 55.4 Å². The Hall–Kier alpha value is -1.51. The maximum Gasteiger partial charge on any atom is 0.219 e. The van der Waals surface area contributed by atoms with Gasteiger partial charge in [0.25, 0.3) is 0 Å². The van der Waals surface area contributed by atoms with E-state index in [4.69, 9.17) is 4.74 Å². The topological polar surface area (TPSA) is 38.3 Å². The molecule has 1 aliphatic rings. The number of carbonyl (C=O) groups is 1. The van der Waals surface area contributed by atoms with Gasteiger partial charge < -0.3 is 10.1 Å². The van der Waals surface area contributed by atoms with Crippen LogP contribution in [0, 0.1) is 0 Å². The number of fused-ring (bicyclic) bond motifs is 1. The molecule has 3 heteroatoms. The molecule has 0 bridgehead atoms. The summed E-state index contributed by atoms with van der Waals surface area (Å²) in [6.45, 7) is 5.37. The van der Waals surface area contributed by atoms with Crippen molar-refractivity contribution >= 4 is 5.91 Å². The second-order valence-corrected chi connectivity index (χ2v) is 5.02. The Kier molecular flexibility index (Phi) is 4.83. The highest BCUT2D eigenvalue weighted by Gasteiger charge is 2.22. The first-order chi connectivity index (χ1) is 9.24. The highest BCUT2D eigenvalue weighted by Crippen LogP contribution is 2.37. The van der Waals surface area contributed by atoms with E-state index < -0.39 is 0 Å². The Morgan fingerprint density at radius 2 is 2.26 bits per heavy atom. The summed E-state index contributed by atoms with van der Waals surface area (Å²) in [6.07, 6.45) is 3.92. The Morgan fingerprint density at radius 1 is 1.42 bits per heavy atom. The average Bonchev–Trinajstić information content (AvgIpc) is 2.82. The van der Waals surface area contributed by atoms with E-state index in [0.29, 0.717) is 18.9 Å². The molecule has 0 saturated heterocycles. The lowest BCUT2D eigenvalue weighted by molar-refractivity contribution is -0.120. The summed E-state index contributed by atoms with van der Waals surface area (Å²) in [7, 11) is 0. The summed E-state index contributed by atoms with van der Waals surface area (Å²) < 4.78 is 5.57. The molecule has 0 saturated carbocycles. The second-order valence-electron chi connectivity index (χ2n) is 5.02. The fraction of sp³-hybridized carbons (Fsp3) is 0.562. The van der Waals surface area contributed by atoms with Crippen LogP contribution in [0.1, 0.15) is 50.2 Å². The summed E-state index contributed by atoms with van der Waals surface area (Å²) >= 11 is 0. The molecule has 0 heterocycles. The maximum absolute atomic E-state index is 11.2. The van der Waals surface area contributed by atoms with Crippen LogP contribution in [0.15, 0.2) is 18.2 Å². The Morgan fingerprint density at radius 3 is 3.00 bits per heavy atom. The molecule has 0 aromatic heterocycles. The van der Waals surface area contributed by atoms with Crippen LogP contribution in [0.3, 0.4) is 0 Å². The van der Waals surface area contributed by atoms with Crippen molar-refractivity contribution in [2.45, 2.75) is 45.4 Å². The zero-order chi connectivity index (χ0) is 13.7. The minimum atomic E-state index is 0.140. The first-order valence-electron chi connectivity index (χ1n) is 7.27. The summed E-state index contributed by atoms with van der Waals surface area (Å²) in [4.78, 5) is 11.2. The van der Waals surface area contributed by atoms with Crippen LogP contribution < -0.4 is 10.1 Å². The standard InChI is InChI=1S/C16H23NO2/c1-3-16(18)17-10-9-13-6-5-12-7-8-14(19-4-2)11-15(12)13/h7-8,11,13H,3-6,9-10H2,1-2H3,(H,17,18)/t13-/m1/s1. The molecule has 104 valence electrons. The Labute approximate surface area is 115 Å². The Balaban J connectivity index is 1.95. The molecule has 0 aliphatic heterocycles. The molecule has 1 aliphatic carbocycles. The van der Waals surface area contributed by atoms with Gasteiger partial charge in [-0.2, -0.15) is 0 Å². The summed E-state index contributed by atoms with van der Waals surface area (Å²) in [6, 6.07) is 6.42. The minimum Gasteiger partial charge on any atom is -0.494 e. The van der Waals surface area contributed by atoms with E-state index in [9.17, 15) is 4.79 Å². The lowest BCUT2D eigenvalue weighted by atomic mass is 9.97. The number of amides is 1. The molecule has 2 rings (SSSR count). The van der Waals surface area contributed by atoms with Crippen molar-refractivity contribution in [3.8, 4) is 5.75 Å². The molecule has 1 aromatic rings. The van der Waals surface area contributed by atoms with Gasteiger partial charge >= 0.3 is 0 Å². The quantitative estimate of drug-likeness (QED) is 0.854. The molecule has 1 atom stereocenters. The van der Waals surface area contributed by atoms with Gasteiger partial charge in [-0.15, -0.1) is 0 Å². The number of carbonyl (C=O) groups excluding carboxylic acids is 1. The van der Waals surface area contributed by atoms with E-state index in [1.54, 1.807) is 0 Å². The smallest absolute Gasteiger partial charge is 0.219 e. The molecule has 19 heavy (non-hydrogen) atoms. The van der Waals surface area contributed by atoms with Crippen molar-refractivity contribution in [1.29, 1.82) is 0 Å². The van der Waals surface area contributed by atoms with Crippen molar-refractivity contribution in [3.63, 3.8) is 0 Å². The van der Waals surface area contributed by atoms with Crippen LogP contribution in [0.4, 0.5) is 0 Å². The van der Waals surface area contributed by atoms with Crippen LogP contribution in [-0.4, -0.2) is 19.1 Å². The van der Waals surface area contributed by atoms with Gasteiger partial charge in [0, 0.05) is 13.0 Å². The molecular weight excluding hydrogens is 238 g/mol. The summed E-state index contributed by atoms with van der Waals surface area (Å²) in [5.41, 5.74) is 2.85. The molecule has 0 unspecified atom stereocenters. The molecule has 0 radical (unpaired) electrons. The van der Waals surface area contributed by atoms with Gasteiger partial charge in [-0.1, -0.05) is 13.0 Å². The Bertz CT molecular complexity index is 442. The minimum absolute atomic E-state index is 0.140. The zero-order valence-corrected chi connectivity index (χ0v) is 11.9. The number of rotatable bonds is 6. The van der Waals surface area contributed by atoms with Gasteiger partial charge in [-0.3, -0.25) is 4.79 Å². The first kappa shape index (κ1) is 13.9. The van der Waals surface area contributed by atoms with Crippen LogP contribution in [0.5, 0.6) is 5.75 Å². The van der Waals surface area contributed by atoms with E-state index in [2.05, 4.69) is 23.5 Å². The molecular formula is C16H23NO2. The lowest BCUT2D eigenvalue weighted by Gasteiger charge is -2.13. The van der Waals surface area contributed by atoms with Crippen molar-refractivity contribution < 1.29 is 9.53 Å². The van der Waals surface area contributed by atoms with Crippen LogP contribution in [0.25, 0.3) is 0 Å². The van der Waals surface area contributed by atoms with E-state index in [0.717, 1.165) is 25.1 Å². The van der Waals surface area contributed by atoms with Crippen LogP contribution in [0.2, 0.25) is 0 Å². The molecule has 1 N–H and O–H groups in total. The third-order valence-corrected chi connectivity index (χ3v) is 3.77. The largest absolute Gasteiger partial charge is 0.494 e. The number of hydrogen-bond acceptors (Lipinski definition) is 2. The molecule has 0 fully saturated rings. The van der Waals surface area contributed by atoms with E-state index >= 15 is 0 Å². The van der Waals surface area contributed by atoms with Gasteiger partial charge in [-0.25, -0.2) is 0 Å². The number of hydrogen-bond donors (Lipinski definition) is 1. The fourth-order valence-corrected chi connectivity index (χ4v) is 2.73. The average molecular weight is 261 g/mol. The second kappa shape index (κ2) is 6.60. The van der Waals surface area contributed by atoms with E-state index in [-0.39, 0.29) is 5.91 Å². The molecule has 1 amide bonds. The van der Waals surface area contributed by atoms with Gasteiger partial charge in [0.2, 0.25) is 5.91 Å². The van der Waals surface area contributed by atoms with Gasteiger partial charge in [0.15, 0.2) is 0 Å². The van der Waals surface area contributed by atoms with Crippen LogP contribution in [-0.2, 0) is 11.2 Å². The normalized spacial score (nSPS) is 17.1. The number of benzene rings is 1. The lowest BCUT2D eigenvalue weighted by Crippen LogP contribution is -2.24. The fourth-order valence-electron chi connectivity index (χ4n) is 2.73. The van der Waals surface area contributed by atoms with E-state index in [1.807, 2.05) is 13.8 Å². The first-order valence-corrected chi connectivity index (χ1v) is 7.27. The van der Waals surface area contributed by atoms with Crippen molar-refractivity contribution in [2.75, 3.05) is 13.2 Å². The summed E-state index contributed by atoms with van der Waals surface area (Å²) in [5, 5.41) is 2.96. The molecule has 0 spiro atoms. The highest BCUT2D eigenvalue weighted by molar-refractivity contribution is 5.75. The predicted octanol–water partition coefficient (Wildman–Crippen LogP) is 3.03. The maximum atomic E-state index is 11.2. The SMILES string of the molecule is CCOc1ccc2c(c1)[C@@H](CCNC(=O)CC)CC2. The van der Waals surface area contributed by atoms with Gasteiger partial charge in [0.1, 0.15) is 5.75 Å². The summed E-state index contributed by atoms with van der Waals surface area (Å²) in [5.74, 6) is 1.67. The number of ether oxygens (including phenoxy) is 1. The molecule has 3 nitrogen and oxygen atoms in total. The monoisotopic (exact) mass is 261 g/mol. The number of aryl methyl sites for hydroxylation is 1. The van der Waals surface area contributed by atoms with Gasteiger partial charge in [0.05, 0.1) is 6.61 Å². The van der Waals surface area contributed by atoms with Crippen molar-refractivity contribution in [3.05, 3.63) is 29.3 Å². The highest BCUT2D eigenvalue weighted by atomic mass is 16.5. The van der Waals surface area contributed by atoms with Crippen molar-refractivity contribution in [2.24, 2.45) is 0 Å². The van der Waals surface area contributed by atoms with Crippen LogP contribution >= 0.6 is 0 Å². The molecule has 1 aromatic carbocycles. The van der Waals surface area contributed by atoms with E-state index in [1.165, 1.54) is 17.5 Å². The van der Waals surface area contributed by atoms with Crippen molar-refractivity contribution in [1.82, 2.24) is 5.32 Å². The predicted molar refractivity (Wildman–Crippen MR) is 76.6 cm³/mol.